The molecule has 0 bridgehead atoms. The molecule has 1 aromatic carbocycles. The van der Waals surface area contributed by atoms with E-state index in [-0.39, 0.29) is 24.9 Å². The number of halogens is 3. The number of carboxylic acids is 1. The highest BCUT2D eigenvalue weighted by atomic mass is 35.5. The second-order valence-corrected chi connectivity index (χ2v) is 7.98. The van der Waals surface area contributed by atoms with E-state index in [2.05, 4.69) is 4.98 Å². The molecule has 1 heterocycles. The van der Waals surface area contributed by atoms with E-state index in [0.29, 0.717) is 18.6 Å². The van der Waals surface area contributed by atoms with Gasteiger partial charge >= 0.3 is 5.97 Å². The monoisotopic (exact) mass is 406 g/mol. The van der Waals surface area contributed by atoms with Gasteiger partial charge in [-0.15, -0.1) is 12.4 Å². The number of rotatable bonds is 6. The smallest absolute Gasteiger partial charge is 0.304 e. The molecule has 1 aliphatic rings. The van der Waals surface area contributed by atoms with Crippen molar-refractivity contribution in [1.82, 2.24) is 9.55 Å². The van der Waals surface area contributed by atoms with Crippen LogP contribution < -0.4 is 0 Å². The zero-order chi connectivity index (χ0) is 17.1. The Morgan fingerprint density at radius 1 is 1.32 bits per heavy atom. The van der Waals surface area contributed by atoms with E-state index in [0.717, 1.165) is 22.7 Å². The highest BCUT2D eigenvalue weighted by Crippen LogP contribution is 2.36. The summed E-state index contributed by atoms with van der Waals surface area (Å²) < 4.78 is 28.9. The fourth-order valence-electron chi connectivity index (χ4n) is 2.83. The summed E-state index contributed by atoms with van der Waals surface area (Å²) in [4.78, 5) is 14.9. The molecule has 3 rings (SSSR count). The summed E-state index contributed by atoms with van der Waals surface area (Å²) in [5.74, 6) is -1.91. The Morgan fingerprint density at radius 2 is 2.04 bits per heavy atom. The van der Waals surface area contributed by atoms with Crippen LogP contribution in [0.4, 0.5) is 8.78 Å². The van der Waals surface area contributed by atoms with Crippen molar-refractivity contribution in [2.75, 3.05) is 5.75 Å². The minimum atomic E-state index is -0.815. The van der Waals surface area contributed by atoms with E-state index in [1.165, 1.54) is 33.7 Å². The zero-order valence-electron chi connectivity index (χ0n) is 13.2. The normalized spacial score (nSPS) is 16.2. The maximum absolute atomic E-state index is 13.5. The van der Waals surface area contributed by atoms with Gasteiger partial charge in [0.2, 0.25) is 0 Å². The molecule has 0 saturated carbocycles. The maximum Gasteiger partial charge on any atom is 0.304 e. The average molecular weight is 407 g/mol. The summed E-state index contributed by atoms with van der Waals surface area (Å²) in [7, 11) is 2.90. The van der Waals surface area contributed by atoms with Gasteiger partial charge < -0.3 is 9.67 Å². The van der Waals surface area contributed by atoms with E-state index >= 15 is 0 Å². The SMILES string of the molecule is Cl.O=C(O)CCSSc1nccn1C1CCc2cc(F)c(F)cc2C1. The lowest BCUT2D eigenvalue weighted by Crippen LogP contribution is -2.19. The van der Waals surface area contributed by atoms with E-state index in [1.54, 1.807) is 6.20 Å². The van der Waals surface area contributed by atoms with Crippen molar-refractivity contribution in [2.24, 2.45) is 0 Å². The van der Waals surface area contributed by atoms with Gasteiger partial charge in [-0.2, -0.15) is 0 Å². The van der Waals surface area contributed by atoms with Gasteiger partial charge in [0.15, 0.2) is 16.8 Å². The van der Waals surface area contributed by atoms with E-state index in [4.69, 9.17) is 5.11 Å². The van der Waals surface area contributed by atoms with Gasteiger partial charge in [-0.1, -0.05) is 10.8 Å². The predicted octanol–water partition coefficient (Wildman–Crippen LogP) is 4.53. The van der Waals surface area contributed by atoms with Crippen molar-refractivity contribution in [3.8, 4) is 0 Å². The minimum absolute atomic E-state index is 0. The van der Waals surface area contributed by atoms with Crippen molar-refractivity contribution in [3.05, 3.63) is 47.3 Å². The summed E-state index contributed by atoms with van der Waals surface area (Å²) in [6.07, 6.45) is 5.88. The van der Waals surface area contributed by atoms with Crippen LogP contribution in [-0.4, -0.2) is 26.4 Å². The molecule has 0 spiro atoms. The third-order valence-electron chi connectivity index (χ3n) is 4.00. The Kier molecular flexibility index (Phi) is 7.15. The third-order valence-corrected chi connectivity index (χ3v) is 6.26. The number of aliphatic carboxylic acids is 1. The summed E-state index contributed by atoms with van der Waals surface area (Å²) >= 11 is 0. The maximum atomic E-state index is 13.5. The molecule has 1 unspecified atom stereocenters. The van der Waals surface area contributed by atoms with Crippen LogP contribution in [0.3, 0.4) is 0 Å². The Labute approximate surface area is 158 Å². The highest BCUT2D eigenvalue weighted by Gasteiger charge is 2.23. The number of aromatic nitrogens is 2. The Balaban J connectivity index is 0.00000225. The van der Waals surface area contributed by atoms with Gasteiger partial charge in [0, 0.05) is 24.2 Å². The number of fused-ring (bicyclic) bond motifs is 1. The Morgan fingerprint density at radius 3 is 2.76 bits per heavy atom. The molecule has 4 nitrogen and oxygen atoms in total. The van der Waals surface area contributed by atoms with Crippen LogP contribution >= 0.6 is 34.0 Å². The first-order chi connectivity index (χ1) is 11.5. The van der Waals surface area contributed by atoms with Crippen molar-refractivity contribution in [3.63, 3.8) is 0 Å². The van der Waals surface area contributed by atoms with Crippen LogP contribution in [0.2, 0.25) is 0 Å². The van der Waals surface area contributed by atoms with Crippen molar-refractivity contribution >= 4 is 40.0 Å². The van der Waals surface area contributed by atoms with Crippen LogP contribution in [0.5, 0.6) is 0 Å². The molecule has 0 aliphatic heterocycles. The van der Waals surface area contributed by atoms with Crippen LogP contribution in [0.15, 0.2) is 29.7 Å². The second-order valence-electron chi connectivity index (χ2n) is 5.60. The molecule has 0 fully saturated rings. The fraction of sp³-hybridized carbons (Fsp3) is 0.375. The molecule has 25 heavy (non-hydrogen) atoms. The highest BCUT2D eigenvalue weighted by molar-refractivity contribution is 8.76. The lowest BCUT2D eigenvalue weighted by molar-refractivity contribution is -0.136. The first-order valence-electron chi connectivity index (χ1n) is 7.55. The molecule has 0 amide bonds. The Bertz CT molecular complexity index is 758. The van der Waals surface area contributed by atoms with E-state index in [1.807, 2.05) is 10.8 Å². The van der Waals surface area contributed by atoms with Crippen LogP contribution in [0.1, 0.15) is 30.0 Å². The van der Waals surface area contributed by atoms with Crippen LogP contribution in [0, 0.1) is 11.6 Å². The molecule has 1 aliphatic carbocycles. The molecule has 2 aromatic rings. The van der Waals surface area contributed by atoms with Gasteiger partial charge in [0.1, 0.15) is 0 Å². The van der Waals surface area contributed by atoms with Crippen molar-refractivity contribution in [1.29, 1.82) is 0 Å². The number of aryl methyl sites for hydroxylation is 1. The molecular formula is C16H17ClF2N2O2S2. The molecule has 136 valence electrons. The summed E-state index contributed by atoms with van der Waals surface area (Å²) in [6, 6.07) is 2.74. The Hall–Kier alpha value is -1.25. The van der Waals surface area contributed by atoms with E-state index in [9.17, 15) is 13.6 Å². The number of carbonyl (C=O) groups is 1. The molecule has 1 aromatic heterocycles. The van der Waals surface area contributed by atoms with E-state index < -0.39 is 17.6 Å². The average Bonchev–Trinajstić information content (AvgIpc) is 3.00. The van der Waals surface area contributed by atoms with Crippen LogP contribution in [0.25, 0.3) is 0 Å². The first-order valence-corrected chi connectivity index (χ1v) is 9.87. The number of carboxylic acid groups (broad SMARTS) is 1. The molecule has 0 radical (unpaired) electrons. The number of nitrogens with zero attached hydrogens (tertiary/aromatic N) is 2. The number of benzene rings is 1. The summed E-state index contributed by atoms with van der Waals surface area (Å²) in [5.41, 5.74) is 1.71. The van der Waals surface area contributed by atoms with Gasteiger partial charge in [-0.3, -0.25) is 4.79 Å². The van der Waals surface area contributed by atoms with Gasteiger partial charge in [0.05, 0.1) is 6.42 Å². The first kappa shape index (κ1) is 20.1. The van der Waals surface area contributed by atoms with Crippen LogP contribution in [-0.2, 0) is 17.6 Å². The van der Waals surface area contributed by atoms with Gasteiger partial charge in [0.25, 0.3) is 0 Å². The third kappa shape index (κ3) is 4.89. The van der Waals surface area contributed by atoms with Gasteiger partial charge in [-0.25, -0.2) is 13.8 Å². The zero-order valence-corrected chi connectivity index (χ0v) is 15.6. The fourth-order valence-corrected chi connectivity index (χ4v) is 4.88. The van der Waals surface area contributed by atoms with Crippen molar-refractivity contribution < 1.29 is 18.7 Å². The lowest BCUT2D eigenvalue weighted by atomic mass is 9.88. The molecule has 1 atom stereocenters. The summed E-state index contributed by atoms with van der Waals surface area (Å²) in [6.45, 7) is 0. The summed E-state index contributed by atoms with van der Waals surface area (Å²) in [5, 5.41) is 9.47. The topological polar surface area (TPSA) is 55.1 Å². The molecule has 1 N–H and O–H groups in total. The lowest BCUT2D eigenvalue weighted by Gasteiger charge is -2.27. The number of hydrogen-bond donors (Lipinski definition) is 1. The van der Waals surface area contributed by atoms with Crippen molar-refractivity contribution in [2.45, 2.75) is 36.9 Å². The van der Waals surface area contributed by atoms with Gasteiger partial charge in [-0.05, 0) is 53.3 Å². The predicted molar refractivity (Wildman–Crippen MR) is 97.5 cm³/mol. The second kappa shape index (κ2) is 8.91. The number of imidazole rings is 1. The largest absolute Gasteiger partial charge is 0.481 e. The molecular weight excluding hydrogens is 390 g/mol. The minimum Gasteiger partial charge on any atom is -0.481 e. The molecule has 0 saturated heterocycles. The molecule has 9 heteroatoms. The number of hydrogen-bond acceptors (Lipinski definition) is 4. The standard InChI is InChI=1S/C16H16F2N2O2S2.ClH/c17-13-8-10-1-2-12(7-11(10)9-14(13)18)20-5-4-19-16(20)24-23-6-3-15(21)22;/h4-5,8-9,12H,1-3,6-7H2,(H,21,22);1H. The quantitative estimate of drug-likeness (QED) is 0.564.